The topological polar surface area (TPSA) is 66.8 Å². The molecule has 0 radical (unpaired) electrons. The Bertz CT molecular complexity index is 966. The molecule has 0 spiro atoms. The maximum absolute atomic E-state index is 13.0. The van der Waals surface area contributed by atoms with Crippen molar-refractivity contribution >= 4 is 28.4 Å². The monoisotopic (exact) mass is 404 g/mol. The first-order valence-corrected chi connectivity index (χ1v) is 10.0. The molecule has 4 rings (SSSR count). The minimum atomic E-state index is -0.356. The van der Waals surface area contributed by atoms with Gasteiger partial charge in [-0.1, -0.05) is 11.6 Å². The average molecular weight is 405 g/mol. The number of rotatable bonds is 4. The number of hydrogen-bond acceptors (Lipinski definition) is 5. The molecule has 0 aliphatic carbocycles. The molecule has 8 heteroatoms. The number of carbonyl (C=O) groups is 1. The number of hydrogen-bond donors (Lipinski definition) is 1. The molecular formula is C20H25ClN4O3. The van der Waals surface area contributed by atoms with E-state index in [2.05, 4.69) is 22.2 Å². The Balaban J connectivity index is 1.55. The van der Waals surface area contributed by atoms with Gasteiger partial charge in [-0.15, -0.1) is 0 Å². The van der Waals surface area contributed by atoms with Crippen molar-refractivity contribution in [2.24, 2.45) is 0 Å². The highest BCUT2D eigenvalue weighted by atomic mass is 35.5. The lowest BCUT2D eigenvalue weighted by molar-refractivity contribution is 0.0938. The van der Waals surface area contributed by atoms with Crippen molar-refractivity contribution in [3.63, 3.8) is 0 Å². The van der Waals surface area contributed by atoms with Gasteiger partial charge in [0.2, 0.25) is 5.43 Å². The lowest BCUT2D eigenvalue weighted by Gasteiger charge is -2.32. The van der Waals surface area contributed by atoms with Gasteiger partial charge in [-0.25, -0.2) is 0 Å². The SMILES string of the molecule is C[C@H]1Cn2cc(C(=O)NCCN3CCN(C)CC3)c(=O)c3c(Cl)ccc(c32)O1. The first-order chi connectivity index (χ1) is 13.4. The van der Waals surface area contributed by atoms with Crippen LogP contribution in [0.4, 0.5) is 0 Å². The summed E-state index contributed by atoms with van der Waals surface area (Å²) in [4.78, 5) is 30.3. The zero-order valence-electron chi connectivity index (χ0n) is 16.2. The normalized spacial score (nSPS) is 20.2. The number of nitrogens with one attached hydrogen (secondary N) is 1. The van der Waals surface area contributed by atoms with E-state index in [1.165, 1.54) is 0 Å². The van der Waals surface area contributed by atoms with Gasteiger partial charge in [0.1, 0.15) is 17.4 Å². The van der Waals surface area contributed by atoms with Gasteiger partial charge >= 0.3 is 0 Å². The van der Waals surface area contributed by atoms with Gasteiger partial charge < -0.3 is 19.5 Å². The Morgan fingerprint density at radius 1 is 1.29 bits per heavy atom. The quantitative estimate of drug-likeness (QED) is 0.834. The summed E-state index contributed by atoms with van der Waals surface area (Å²) < 4.78 is 7.73. The number of piperazine rings is 1. The molecule has 2 aromatic rings. The largest absolute Gasteiger partial charge is 0.487 e. The van der Waals surface area contributed by atoms with E-state index >= 15 is 0 Å². The van der Waals surface area contributed by atoms with E-state index in [9.17, 15) is 9.59 Å². The molecular weight excluding hydrogens is 380 g/mol. The molecule has 1 atom stereocenters. The molecule has 1 saturated heterocycles. The second kappa shape index (κ2) is 7.73. The van der Waals surface area contributed by atoms with Crippen LogP contribution in [0, 0.1) is 0 Å². The smallest absolute Gasteiger partial charge is 0.256 e. The minimum absolute atomic E-state index is 0.0486. The fraction of sp³-hybridized carbons (Fsp3) is 0.500. The molecule has 0 saturated carbocycles. The summed E-state index contributed by atoms with van der Waals surface area (Å²) in [5.74, 6) is 0.266. The predicted molar refractivity (Wildman–Crippen MR) is 110 cm³/mol. The van der Waals surface area contributed by atoms with Crippen LogP contribution in [0.25, 0.3) is 10.9 Å². The summed E-state index contributed by atoms with van der Waals surface area (Å²) in [5, 5.41) is 3.58. The highest BCUT2D eigenvalue weighted by molar-refractivity contribution is 6.35. The number of benzene rings is 1. The third-order valence-electron chi connectivity index (χ3n) is 5.47. The van der Waals surface area contributed by atoms with Crippen LogP contribution in [-0.4, -0.2) is 72.7 Å². The Morgan fingerprint density at radius 2 is 2.04 bits per heavy atom. The average Bonchev–Trinajstić information content (AvgIpc) is 2.67. The lowest BCUT2D eigenvalue weighted by atomic mass is 10.1. The first kappa shape index (κ1) is 19.2. The maximum Gasteiger partial charge on any atom is 0.256 e. The van der Waals surface area contributed by atoms with Crippen LogP contribution in [-0.2, 0) is 6.54 Å². The zero-order chi connectivity index (χ0) is 19.8. The number of halogens is 1. The number of carbonyl (C=O) groups excluding carboxylic acids is 1. The number of likely N-dealkylation sites (N-methyl/N-ethyl adjacent to an activating group) is 1. The number of aromatic nitrogens is 1. The Kier molecular flexibility index (Phi) is 5.31. The van der Waals surface area contributed by atoms with Gasteiger partial charge in [0.15, 0.2) is 0 Å². The van der Waals surface area contributed by atoms with E-state index in [0.29, 0.717) is 34.8 Å². The Labute approximate surface area is 168 Å². The van der Waals surface area contributed by atoms with Gasteiger partial charge in [0, 0.05) is 45.5 Å². The van der Waals surface area contributed by atoms with Gasteiger partial charge in [0.05, 0.1) is 22.5 Å². The standard InChI is InChI=1S/C20H25ClN4O3/c1-13-11-25-12-14(19(26)17-15(21)3-4-16(28-13)18(17)25)20(27)22-5-6-24-9-7-23(2)8-10-24/h3-4,12-13H,5-11H2,1-2H3,(H,22,27)/t13-/m0/s1. The summed E-state index contributed by atoms with van der Waals surface area (Å²) in [7, 11) is 2.11. The second-order valence-electron chi connectivity index (χ2n) is 7.62. The summed E-state index contributed by atoms with van der Waals surface area (Å²) in [5.41, 5.74) is 0.428. The van der Waals surface area contributed by atoms with Crippen LogP contribution in [0.2, 0.25) is 5.02 Å². The molecule has 3 heterocycles. The van der Waals surface area contributed by atoms with Crippen molar-refractivity contribution in [3.05, 3.63) is 39.1 Å². The summed E-state index contributed by atoms with van der Waals surface area (Å²) in [6.07, 6.45) is 1.59. The number of pyridine rings is 1. The minimum Gasteiger partial charge on any atom is -0.487 e. The summed E-state index contributed by atoms with van der Waals surface area (Å²) in [6.45, 7) is 7.85. The lowest BCUT2D eigenvalue weighted by Crippen LogP contribution is -2.47. The van der Waals surface area contributed by atoms with Crippen LogP contribution >= 0.6 is 11.6 Å². The third-order valence-corrected chi connectivity index (χ3v) is 5.78. The third kappa shape index (κ3) is 3.62. The van der Waals surface area contributed by atoms with Gasteiger partial charge in [0.25, 0.3) is 5.91 Å². The maximum atomic E-state index is 13.0. The van der Waals surface area contributed by atoms with Crippen LogP contribution in [0.15, 0.2) is 23.1 Å². The van der Waals surface area contributed by atoms with Crippen molar-refractivity contribution in [3.8, 4) is 5.75 Å². The fourth-order valence-electron chi connectivity index (χ4n) is 3.89. The molecule has 1 fully saturated rings. The van der Waals surface area contributed by atoms with Crippen molar-refractivity contribution in [2.75, 3.05) is 46.3 Å². The highest BCUT2D eigenvalue weighted by Crippen LogP contribution is 2.33. The number of ether oxygens (including phenoxy) is 1. The molecule has 1 aromatic carbocycles. The fourth-order valence-corrected chi connectivity index (χ4v) is 4.13. The molecule has 1 aromatic heterocycles. The van der Waals surface area contributed by atoms with Crippen molar-refractivity contribution < 1.29 is 9.53 Å². The number of nitrogens with zero attached hydrogens (tertiary/aromatic N) is 3. The van der Waals surface area contributed by atoms with Crippen LogP contribution in [0.5, 0.6) is 5.75 Å². The van der Waals surface area contributed by atoms with Crippen LogP contribution in [0.3, 0.4) is 0 Å². The molecule has 1 amide bonds. The van der Waals surface area contributed by atoms with E-state index in [4.69, 9.17) is 16.3 Å². The Hall–Kier alpha value is -2.09. The van der Waals surface area contributed by atoms with Crippen molar-refractivity contribution in [1.82, 2.24) is 19.7 Å². The molecule has 2 aliphatic heterocycles. The molecule has 0 unspecified atom stereocenters. The van der Waals surface area contributed by atoms with E-state index in [0.717, 1.165) is 32.7 Å². The summed E-state index contributed by atoms with van der Waals surface area (Å²) in [6, 6.07) is 3.42. The first-order valence-electron chi connectivity index (χ1n) is 9.65. The number of amides is 1. The highest BCUT2D eigenvalue weighted by Gasteiger charge is 2.24. The van der Waals surface area contributed by atoms with Crippen molar-refractivity contribution in [2.45, 2.75) is 19.6 Å². The molecule has 2 aliphatic rings. The van der Waals surface area contributed by atoms with Crippen molar-refractivity contribution in [1.29, 1.82) is 0 Å². The molecule has 1 N–H and O–H groups in total. The summed E-state index contributed by atoms with van der Waals surface area (Å²) >= 11 is 6.31. The Morgan fingerprint density at radius 3 is 2.79 bits per heavy atom. The van der Waals surface area contributed by atoms with Crippen LogP contribution < -0.4 is 15.5 Å². The molecule has 28 heavy (non-hydrogen) atoms. The van der Waals surface area contributed by atoms with Gasteiger partial charge in [-0.2, -0.15) is 0 Å². The predicted octanol–water partition coefficient (Wildman–Crippen LogP) is 1.41. The zero-order valence-corrected chi connectivity index (χ0v) is 17.0. The van der Waals surface area contributed by atoms with E-state index in [-0.39, 0.29) is 23.0 Å². The molecule has 150 valence electrons. The van der Waals surface area contributed by atoms with E-state index in [1.807, 2.05) is 11.5 Å². The van der Waals surface area contributed by atoms with Gasteiger partial charge in [-0.3, -0.25) is 14.5 Å². The van der Waals surface area contributed by atoms with Crippen LogP contribution in [0.1, 0.15) is 17.3 Å². The molecule has 0 bridgehead atoms. The second-order valence-corrected chi connectivity index (χ2v) is 8.03. The molecule has 7 nitrogen and oxygen atoms in total. The van der Waals surface area contributed by atoms with Gasteiger partial charge in [-0.05, 0) is 26.1 Å². The van der Waals surface area contributed by atoms with E-state index < -0.39 is 0 Å². The van der Waals surface area contributed by atoms with E-state index in [1.54, 1.807) is 18.3 Å².